The molecular formula is C17H25N3O2. The lowest BCUT2D eigenvalue weighted by molar-refractivity contribution is -0.119. The van der Waals surface area contributed by atoms with Crippen molar-refractivity contribution in [3.63, 3.8) is 0 Å². The molecule has 1 aliphatic carbocycles. The zero-order chi connectivity index (χ0) is 16.1. The maximum absolute atomic E-state index is 12.2. The number of benzene rings is 1. The molecule has 2 rings (SSSR count). The third-order valence-corrected chi connectivity index (χ3v) is 4.24. The molecular weight excluding hydrogens is 278 g/mol. The van der Waals surface area contributed by atoms with Crippen molar-refractivity contribution in [3.05, 3.63) is 29.3 Å². The summed E-state index contributed by atoms with van der Waals surface area (Å²) >= 11 is 0. The Labute approximate surface area is 131 Å². The summed E-state index contributed by atoms with van der Waals surface area (Å²) in [5, 5.41) is 5.92. The second-order valence-electron chi connectivity index (χ2n) is 6.11. The van der Waals surface area contributed by atoms with Crippen LogP contribution in [0.4, 0.5) is 5.69 Å². The monoisotopic (exact) mass is 303 g/mol. The molecule has 1 aromatic rings. The first-order valence-electron chi connectivity index (χ1n) is 7.93. The number of aryl methyl sites for hydroxylation is 1. The molecule has 120 valence electrons. The summed E-state index contributed by atoms with van der Waals surface area (Å²) in [7, 11) is 0. The average Bonchev–Trinajstić information content (AvgIpc) is 3.01. The van der Waals surface area contributed by atoms with Gasteiger partial charge in [-0.15, -0.1) is 0 Å². The van der Waals surface area contributed by atoms with Crippen molar-refractivity contribution >= 4 is 17.5 Å². The Morgan fingerprint density at radius 1 is 1.32 bits per heavy atom. The molecule has 0 saturated heterocycles. The van der Waals surface area contributed by atoms with Gasteiger partial charge in [0.05, 0.1) is 0 Å². The standard InChI is InChI=1S/C17H25N3O2/c1-11-9-13(17(22)19-14-5-3-4-6-14)7-8-15(11)20-16(21)12(2)10-18/h7-9,12,14H,3-6,10,18H2,1-2H3,(H,19,22)(H,20,21). The predicted molar refractivity (Wildman–Crippen MR) is 87.7 cm³/mol. The number of nitrogens with two attached hydrogens (primary N) is 1. The molecule has 0 heterocycles. The Morgan fingerprint density at radius 2 is 2.00 bits per heavy atom. The lowest BCUT2D eigenvalue weighted by atomic mass is 10.1. The van der Waals surface area contributed by atoms with Gasteiger partial charge in [-0.1, -0.05) is 19.8 Å². The third kappa shape index (κ3) is 4.07. The number of amides is 2. The van der Waals surface area contributed by atoms with Crippen LogP contribution in [0.25, 0.3) is 0 Å². The van der Waals surface area contributed by atoms with Crippen LogP contribution in [0.5, 0.6) is 0 Å². The van der Waals surface area contributed by atoms with Gasteiger partial charge in [0, 0.05) is 29.8 Å². The van der Waals surface area contributed by atoms with Gasteiger partial charge in [-0.3, -0.25) is 9.59 Å². The molecule has 22 heavy (non-hydrogen) atoms. The third-order valence-electron chi connectivity index (χ3n) is 4.24. The van der Waals surface area contributed by atoms with Crippen molar-refractivity contribution in [2.24, 2.45) is 11.7 Å². The number of carbonyl (C=O) groups is 2. The van der Waals surface area contributed by atoms with Crippen molar-refractivity contribution in [3.8, 4) is 0 Å². The normalized spacial score (nSPS) is 16.3. The molecule has 0 aliphatic heterocycles. The summed E-state index contributed by atoms with van der Waals surface area (Å²) in [5.74, 6) is -0.373. The SMILES string of the molecule is Cc1cc(C(=O)NC2CCCC2)ccc1NC(=O)C(C)CN. The average molecular weight is 303 g/mol. The lowest BCUT2D eigenvalue weighted by Gasteiger charge is -2.15. The van der Waals surface area contributed by atoms with Crippen LogP contribution in [-0.2, 0) is 4.79 Å². The maximum Gasteiger partial charge on any atom is 0.251 e. The van der Waals surface area contributed by atoms with Gasteiger partial charge in [0.15, 0.2) is 0 Å². The van der Waals surface area contributed by atoms with Crippen molar-refractivity contribution in [2.75, 3.05) is 11.9 Å². The minimum atomic E-state index is -0.232. The molecule has 1 aromatic carbocycles. The number of hydrogen-bond acceptors (Lipinski definition) is 3. The molecule has 0 spiro atoms. The highest BCUT2D eigenvalue weighted by Crippen LogP contribution is 2.20. The van der Waals surface area contributed by atoms with Gasteiger partial charge >= 0.3 is 0 Å². The van der Waals surface area contributed by atoms with Gasteiger partial charge in [-0.2, -0.15) is 0 Å². The minimum Gasteiger partial charge on any atom is -0.349 e. The quantitative estimate of drug-likeness (QED) is 0.779. The number of nitrogens with one attached hydrogen (secondary N) is 2. The zero-order valence-electron chi connectivity index (χ0n) is 13.3. The van der Waals surface area contributed by atoms with Crippen LogP contribution in [0.15, 0.2) is 18.2 Å². The Hall–Kier alpha value is -1.88. The molecule has 0 aromatic heterocycles. The van der Waals surface area contributed by atoms with Crippen LogP contribution in [-0.4, -0.2) is 24.4 Å². The predicted octanol–water partition coefficient (Wildman–Crippen LogP) is 2.20. The Balaban J connectivity index is 2.02. The Morgan fingerprint density at radius 3 is 2.59 bits per heavy atom. The summed E-state index contributed by atoms with van der Waals surface area (Å²) in [6, 6.07) is 5.64. The molecule has 4 N–H and O–H groups in total. The van der Waals surface area contributed by atoms with Gasteiger partial charge in [-0.05, 0) is 43.5 Å². The van der Waals surface area contributed by atoms with Crippen LogP contribution >= 0.6 is 0 Å². The molecule has 0 bridgehead atoms. The highest BCUT2D eigenvalue weighted by atomic mass is 16.2. The van der Waals surface area contributed by atoms with E-state index >= 15 is 0 Å². The molecule has 1 atom stereocenters. The molecule has 1 fully saturated rings. The van der Waals surface area contributed by atoms with E-state index in [-0.39, 0.29) is 17.7 Å². The Kier molecular flexibility index (Phi) is 5.55. The highest BCUT2D eigenvalue weighted by Gasteiger charge is 2.18. The fourth-order valence-electron chi connectivity index (χ4n) is 2.65. The van der Waals surface area contributed by atoms with E-state index in [9.17, 15) is 9.59 Å². The Bertz CT molecular complexity index is 551. The number of hydrogen-bond donors (Lipinski definition) is 3. The first-order valence-corrected chi connectivity index (χ1v) is 7.93. The summed E-state index contributed by atoms with van der Waals surface area (Å²) < 4.78 is 0. The van der Waals surface area contributed by atoms with Crippen molar-refractivity contribution in [2.45, 2.75) is 45.6 Å². The smallest absolute Gasteiger partial charge is 0.251 e. The van der Waals surface area contributed by atoms with Crippen molar-refractivity contribution in [1.82, 2.24) is 5.32 Å². The summed E-state index contributed by atoms with van der Waals surface area (Å²) in [6.07, 6.45) is 4.51. The molecule has 5 heteroatoms. The summed E-state index contributed by atoms with van der Waals surface area (Å²) in [6.45, 7) is 3.98. The van der Waals surface area contributed by atoms with E-state index in [1.54, 1.807) is 19.1 Å². The fourth-order valence-corrected chi connectivity index (χ4v) is 2.65. The fraction of sp³-hybridized carbons (Fsp3) is 0.529. The van der Waals surface area contributed by atoms with E-state index in [1.165, 1.54) is 12.8 Å². The van der Waals surface area contributed by atoms with Crippen LogP contribution in [0.3, 0.4) is 0 Å². The molecule has 1 saturated carbocycles. The van der Waals surface area contributed by atoms with Gasteiger partial charge in [0.2, 0.25) is 5.91 Å². The van der Waals surface area contributed by atoms with Gasteiger partial charge in [0.25, 0.3) is 5.91 Å². The van der Waals surface area contributed by atoms with Crippen LogP contribution < -0.4 is 16.4 Å². The molecule has 0 radical (unpaired) electrons. The van der Waals surface area contributed by atoms with Crippen molar-refractivity contribution < 1.29 is 9.59 Å². The molecule has 5 nitrogen and oxygen atoms in total. The second kappa shape index (κ2) is 7.40. The van der Waals surface area contributed by atoms with E-state index in [0.717, 1.165) is 24.1 Å². The van der Waals surface area contributed by atoms with E-state index in [4.69, 9.17) is 5.73 Å². The van der Waals surface area contributed by atoms with E-state index in [2.05, 4.69) is 10.6 Å². The van der Waals surface area contributed by atoms with Crippen LogP contribution in [0.1, 0.15) is 48.5 Å². The minimum absolute atomic E-state index is 0.0387. The largest absolute Gasteiger partial charge is 0.349 e. The van der Waals surface area contributed by atoms with E-state index in [0.29, 0.717) is 18.2 Å². The first kappa shape index (κ1) is 16.5. The van der Waals surface area contributed by atoms with Gasteiger partial charge in [0.1, 0.15) is 0 Å². The molecule has 2 amide bonds. The molecule has 1 aliphatic rings. The number of rotatable bonds is 5. The molecule has 1 unspecified atom stereocenters. The van der Waals surface area contributed by atoms with E-state index in [1.807, 2.05) is 13.0 Å². The first-order chi connectivity index (χ1) is 10.5. The van der Waals surface area contributed by atoms with Crippen LogP contribution in [0, 0.1) is 12.8 Å². The maximum atomic E-state index is 12.2. The summed E-state index contributed by atoms with van der Waals surface area (Å²) in [4.78, 5) is 24.1. The van der Waals surface area contributed by atoms with Gasteiger partial charge in [-0.25, -0.2) is 0 Å². The van der Waals surface area contributed by atoms with E-state index < -0.39 is 0 Å². The van der Waals surface area contributed by atoms with Crippen molar-refractivity contribution in [1.29, 1.82) is 0 Å². The zero-order valence-corrected chi connectivity index (χ0v) is 13.3. The topological polar surface area (TPSA) is 84.2 Å². The van der Waals surface area contributed by atoms with Crippen LogP contribution in [0.2, 0.25) is 0 Å². The summed E-state index contributed by atoms with van der Waals surface area (Å²) in [5.41, 5.74) is 7.72. The van der Waals surface area contributed by atoms with Gasteiger partial charge < -0.3 is 16.4 Å². The highest BCUT2D eigenvalue weighted by molar-refractivity contribution is 5.97. The number of anilines is 1. The second-order valence-corrected chi connectivity index (χ2v) is 6.11. The lowest BCUT2D eigenvalue weighted by Crippen LogP contribution is -2.32. The number of carbonyl (C=O) groups excluding carboxylic acids is 2.